The van der Waals surface area contributed by atoms with Gasteiger partial charge in [-0.15, -0.1) is 0 Å². The minimum Gasteiger partial charge on any atom is -0.872 e. The van der Waals surface area contributed by atoms with Crippen LogP contribution < -0.4 is 74.9 Å². The molecule has 0 saturated heterocycles. The predicted molar refractivity (Wildman–Crippen MR) is 136 cm³/mol. The van der Waals surface area contributed by atoms with Gasteiger partial charge in [0.15, 0.2) is 11.6 Å². The van der Waals surface area contributed by atoms with Crippen molar-refractivity contribution in [2.24, 2.45) is 0 Å². The third kappa shape index (κ3) is 6.60. The molecule has 198 valence electrons. The van der Waals surface area contributed by atoms with Crippen LogP contribution in [0.2, 0.25) is 0 Å². The molecule has 5 rings (SSSR count). The predicted octanol–water partition coefficient (Wildman–Crippen LogP) is -2.82. The van der Waals surface area contributed by atoms with E-state index in [0.717, 1.165) is 30.3 Å². The van der Waals surface area contributed by atoms with Crippen LogP contribution in [0.4, 0.5) is 22.7 Å². The van der Waals surface area contributed by atoms with Crippen molar-refractivity contribution in [3.05, 3.63) is 101 Å². The average molecular weight is 611 g/mol. The Morgan fingerprint density at radius 1 is 0.659 bits per heavy atom. The van der Waals surface area contributed by atoms with E-state index in [1.807, 2.05) is 0 Å². The molecule has 41 heavy (non-hydrogen) atoms. The summed E-state index contributed by atoms with van der Waals surface area (Å²) in [5, 5.41) is 18.9. The number of hydrogen-bond acceptors (Lipinski definition) is 10. The molecule has 0 fully saturated rings. The zero-order chi connectivity index (χ0) is 28.1. The van der Waals surface area contributed by atoms with E-state index in [9.17, 15) is 40.6 Å². The second-order valence-corrected chi connectivity index (χ2v) is 11.3. The fraction of sp³-hybridized carbons (Fsp3) is 0. The molecule has 0 aromatic heterocycles. The van der Waals surface area contributed by atoms with Gasteiger partial charge in [0.05, 0.1) is 26.7 Å². The average Bonchev–Trinajstić information content (AvgIpc) is 2.88. The van der Waals surface area contributed by atoms with Crippen LogP contribution in [0.3, 0.4) is 0 Å². The second-order valence-electron chi connectivity index (χ2n) is 8.48. The Hall–Kier alpha value is -2.56. The van der Waals surface area contributed by atoms with Crippen molar-refractivity contribution >= 4 is 54.6 Å². The summed E-state index contributed by atoms with van der Waals surface area (Å²) >= 11 is 0. The summed E-state index contributed by atoms with van der Waals surface area (Å²) in [5.74, 6) is -2.07. The maximum atomic E-state index is 13.6. The first-order valence-electron chi connectivity index (χ1n) is 11.1. The summed E-state index contributed by atoms with van der Waals surface area (Å²) in [6, 6.07) is 16.7. The monoisotopic (exact) mass is 610 g/mol. The van der Waals surface area contributed by atoms with E-state index >= 15 is 0 Å². The van der Waals surface area contributed by atoms with Gasteiger partial charge in [-0.3, -0.25) is 14.1 Å². The van der Waals surface area contributed by atoms with E-state index in [1.54, 1.807) is 12.1 Å². The quantitative estimate of drug-likeness (QED) is 0.133. The molecule has 1 aliphatic rings. The van der Waals surface area contributed by atoms with Crippen molar-refractivity contribution in [3.63, 3.8) is 0 Å². The molecule has 0 spiro atoms. The summed E-state index contributed by atoms with van der Waals surface area (Å²) in [5.41, 5.74) is -0.254. The Morgan fingerprint density at radius 3 is 1.80 bits per heavy atom. The Balaban J connectivity index is 0.00000231. The topological polar surface area (TPSA) is 193 Å². The van der Waals surface area contributed by atoms with E-state index in [-0.39, 0.29) is 104 Å². The van der Waals surface area contributed by atoms with Crippen LogP contribution >= 0.6 is 0 Å². The summed E-state index contributed by atoms with van der Waals surface area (Å²) < 4.78 is 66.6. The summed E-state index contributed by atoms with van der Waals surface area (Å²) in [7, 11) is -9.29. The van der Waals surface area contributed by atoms with Crippen LogP contribution in [0.15, 0.2) is 88.7 Å². The largest absolute Gasteiger partial charge is 1.00 e. The molecule has 0 atom stereocenters. The van der Waals surface area contributed by atoms with Gasteiger partial charge in [0.1, 0.15) is 10.1 Å². The summed E-state index contributed by atoms with van der Waals surface area (Å²) in [4.78, 5) is 25.9. The summed E-state index contributed by atoms with van der Waals surface area (Å²) in [6.45, 7) is 0. The normalized spacial score (nSPS) is 12.3. The standard InChI is InChI=1S/C26H18N2O9S2.2Na/c29-21-13-20(27-14-8-10-16(11-9-14)38(32,33)34)24(28-15-4-3-5-17(12-15)39(35,36)37)23-22(21)25(30)18-6-1-2-7-19(18)26(23)31;;/h1-13,27-29H,(H,32,33,34)(H,35,36,37);;/q;2*+1/p-2. The first kappa shape index (κ1) is 32.9. The van der Waals surface area contributed by atoms with Crippen LogP contribution in [0.1, 0.15) is 31.8 Å². The van der Waals surface area contributed by atoms with E-state index in [1.165, 1.54) is 36.4 Å². The number of anilines is 4. The molecular weight excluding hydrogens is 594 g/mol. The Bertz CT molecular complexity index is 1910. The van der Waals surface area contributed by atoms with Crippen molar-refractivity contribution in [3.8, 4) is 5.75 Å². The van der Waals surface area contributed by atoms with Crippen molar-refractivity contribution in [2.45, 2.75) is 9.79 Å². The maximum absolute atomic E-state index is 13.6. The number of carbonyl (C=O) groups excluding carboxylic acids is 2. The van der Waals surface area contributed by atoms with Crippen LogP contribution in [-0.2, 0) is 20.2 Å². The minimum absolute atomic E-state index is 0. The van der Waals surface area contributed by atoms with Gasteiger partial charge >= 0.3 is 59.1 Å². The number of nitrogens with one attached hydrogen (secondary N) is 2. The smallest absolute Gasteiger partial charge is 0.872 e. The number of hydrogen-bond donors (Lipinski definition) is 3. The van der Waals surface area contributed by atoms with Gasteiger partial charge in [-0.1, -0.05) is 36.1 Å². The van der Waals surface area contributed by atoms with Gasteiger partial charge in [0, 0.05) is 28.1 Å². The zero-order valence-electron chi connectivity index (χ0n) is 21.5. The first-order valence-corrected chi connectivity index (χ1v) is 13.9. The van der Waals surface area contributed by atoms with Gasteiger partial charge < -0.3 is 20.3 Å². The molecule has 11 nitrogen and oxygen atoms in total. The first-order chi connectivity index (χ1) is 18.3. The molecule has 4 aromatic rings. The molecule has 0 unspecified atom stereocenters. The zero-order valence-corrected chi connectivity index (χ0v) is 27.2. The minimum atomic E-state index is -4.71. The number of benzene rings is 4. The van der Waals surface area contributed by atoms with Gasteiger partial charge in [-0.05, 0) is 48.5 Å². The molecule has 0 bridgehead atoms. The molecule has 0 radical (unpaired) electrons. The van der Waals surface area contributed by atoms with Crippen molar-refractivity contribution in [2.75, 3.05) is 10.6 Å². The van der Waals surface area contributed by atoms with E-state index < -0.39 is 47.3 Å². The summed E-state index contributed by atoms with van der Waals surface area (Å²) in [6.07, 6.45) is 0. The maximum Gasteiger partial charge on any atom is 1.00 e. The second kappa shape index (κ2) is 12.4. The molecule has 15 heteroatoms. The Morgan fingerprint density at radius 2 is 1.24 bits per heavy atom. The Labute approximate surface area is 279 Å². The van der Waals surface area contributed by atoms with E-state index in [2.05, 4.69) is 10.6 Å². The van der Waals surface area contributed by atoms with Crippen LogP contribution in [0.5, 0.6) is 5.75 Å². The molecule has 4 aromatic carbocycles. The fourth-order valence-electron chi connectivity index (χ4n) is 4.23. The van der Waals surface area contributed by atoms with Crippen molar-refractivity contribution in [1.82, 2.24) is 0 Å². The number of ketones is 2. The number of carbonyl (C=O) groups is 2. The van der Waals surface area contributed by atoms with Gasteiger partial charge in [0.25, 0.3) is 10.1 Å². The molecule has 1 aliphatic carbocycles. The van der Waals surface area contributed by atoms with Crippen LogP contribution in [0.25, 0.3) is 0 Å². The number of fused-ring (bicyclic) bond motifs is 2. The molecule has 0 amide bonds. The third-order valence-corrected chi connectivity index (χ3v) is 7.68. The van der Waals surface area contributed by atoms with Gasteiger partial charge in [0.2, 0.25) is 0 Å². The molecule has 0 heterocycles. The molecule has 0 aliphatic heterocycles. The van der Waals surface area contributed by atoms with Gasteiger partial charge in [-0.2, -0.15) is 8.42 Å². The fourth-order valence-corrected chi connectivity index (χ4v) is 5.22. The van der Waals surface area contributed by atoms with E-state index in [4.69, 9.17) is 0 Å². The third-order valence-electron chi connectivity index (χ3n) is 5.98. The van der Waals surface area contributed by atoms with Crippen molar-refractivity contribution < 1.29 is 99.8 Å². The molecule has 3 N–H and O–H groups in total. The van der Waals surface area contributed by atoms with Crippen LogP contribution in [0, 0.1) is 0 Å². The van der Waals surface area contributed by atoms with Gasteiger partial charge in [-0.25, -0.2) is 8.42 Å². The molecular formula is C26H16N2Na2O9S2. The van der Waals surface area contributed by atoms with E-state index in [0.29, 0.717) is 0 Å². The van der Waals surface area contributed by atoms with Crippen molar-refractivity contribution in [1.29, 1.82) is 0 Å². The Kier molecular flexibility index (Phi) is 9.93. The van der Waals surface area contributed by atoms with Crippen LogP contribution in [-0.4, -0.2) is 37.5 Å². The molecule has 0 saturated carbocycles. The SMILES string of the molecule is O=C1c2ccccc2C(=O)c2c(Nc3cccc(S(=O)(=O)O)c3)c(Nc3ccc(S(=O)(=O)[O-])cc3)cc([O-])c21.[Na+].[Na+]. The number of rotatable bonds is 6.